The third kappa shape index (κ3) is 4.55. The van der Waals surface area contributed by atoms with Gasteiger partial charge in [-0.2, -0.15) is 0 Å². The quantitative estimate of drug-likeness (QED) is 0.166. The summed E-state index contributed by atoms with van der Waals surface area (Å²) in [6, 6.07) is 35.1. The summed E-state index contributed by atoms with van der Waals surface area (Å²) in [5, 5.41) is 4.79. The molecule has 5 aliphatic rings. The number of furan rings is 2. The molecule has 5 heterocycles. The van der Waals surface area contributed by atoms with Gasteiger partial charge in [-0.05, 0) is 144 Å². The second-order valence-electron chi connectivity index (χ2n) is 21.7. The number of benzene rings is 6. The minimum atomic E-state index is -0.109. The highest BCUT2D eigenvalue weighted by Gasteiger charge is 2.62. The number of hydrogen-bond donors (Lipinski definition) is 0. The summed E-state index contributed by atoms with van der Waals surface area (Å²) >= 11 is 0. The van der Waals surface area contributed by atoms with E-state index in [4.69, 9.17) is 8.83 Å². The molecule has 0 N–H and O–H groups in total. The molecule has 1 saturated carbocycles. The van der Waals surface area contributed by atoms with E-state index in [1.165, 1.54) is 128 Å². The lowest BCUT2D eigenvalue weighted by Crippen LogP contribution is -2.64. The molecule has 0 spiro atoms. The number of fused-ring (bicyclic) bond motifs is 15. The van der Waals surface area contributed by atoms with Crippen molar-refractivity contribution in [3.8, 4) is 11.1 Å². The lowest BCUT2D eigenvalue weighted by Gasteiger charge is -2.53. The van der Waals surface area contributed by atoms with Crippen molar-refractivity contribution in [2.24, 2.45) is 0 Å². The molecule has 0 amide bonds. The zero-order chi connectivity index (χ0) is 42.2. The van der Waals surface area contributed by atoms with E-state index in [9.17, 15) is 0 Å². The molecule has 0 bridgehead atoms. The van der Waals surface area contributed by atoms with Crippen LogP contribution in [0.15, 0.2) is 99.8 Å². The van der Waals surface area contributed by atoms with Crippen LogP contribution in [0.2, 0.25) is 0 Å². The van der Waals surface area contributed by atoms with Crippen LogP contribution in [0.4, 0.5) is 22.7 Å². The molecule has 8 aromatic rings. The van der Waals surface area contributed by atoms with Gasteiger partial charge in [-0.3, -0.25) is 0 Å². The lowest BCUT2D eigenvalue weighted by atomic mass is 9.43. The van der Waals surface area contributed by atoms with Gasteiger partial charge >= 0.3 is 6.85 Å². The zero-order valence-corrected chi connectivity index (χ0v) is 37.8. The predicted octanol–water partition coefficient (Wildman–Crippen LogP) is 14.5. The Bertz CT molecular complexity index is 3270. The van der Waals surface area contributed by atoms with Crippen molar-refractivity contribution in [1.29, 1.82) is 0 Å². The van der Waals surface area contributed by atoms with Crippen molar-refractivity contribution < 1.29 is 8.83 Å². The van der Waals surface area contributed by atoms with Gasteiger partial charge in [0.05, 0.1) is 16.6 Å². The van der Waals surface area contributed by atoms with Crippen molar-refractivity contribution in [1.82, 2.24) is 0 Å². The minimum absolute atomic E-state index is 0.00656. The second kappa shape index (κ2) is 12.2. The highest BCUT2D eigenvalue weighted by Crippen LogP contribution is 2.64. The first-order valence-electron chi connectivity index (χ1n) is 23.7. The number of hydrogen-bond acceptors (Lipinski definition) is 4. The number of anilines is 4. The van der Waals surface area contributed by atoms with Crippen molar-refractivity contribution >= 4 is 84.4 Å². The maximum Gasteiger partial charge on any atom is 0.333 e. The monoisotopic (exact) mass is 812 g/mol. The zero-order valence-electron chi connectivity index (χ0n) is 37.8. The number of rotatable bonds is 4. The van der Waals surface area contributed by atoms with E-state index in [-0.39, 0.29) is 28.6 Å². The van der Waals surface area contributed by atoms with Crippen LogP contribution in [0.5, 0.6) is 0 Å². The van der Waals surface area contributed by atoms with Crippen LogP contribution >= 0.6 is 0 Å². The van der Waals surface area contributed by atoms with Gasteiger partial charge in [0, 0.05) is 44.2 Å². The van der Waals surface area contributed by atoms with Crippen molar-refractivity contribution in [3.05, 3.63) is 119 Å². The molecule has 13 rings (SSSR count). The molecule has 62 heavy (non-hydrogen) atoms. The van der Waals surface area contributed by atoms with E-state index < -0.39 is 0 Å². The summed E-state index contributed by atoms with van der Waals surface area (Å²) in [6.45, 7) is 19.8. The van der Waals surface area contributed by atoms with Gasteiger partial charge in [-0.15, -0.1) is 0 Å². The van der Waals surface area contributed by atoms with E-state index in [1.807, 2.05) is 0 Å². The average molecular weight is 813 g/mol. The summed E-state index contributed by atoms with van der Waals surface area (Å²) in [5.74, 6) is 0. The van der Waals surface area contributed by atoms with Crippen LogP contribution < -0.4 is 20.6 Å². The summed E-state index contributed by atoms with van der Waals surface area (Å²) in [6.07, 6.45) is 10.7. The summed E-state index contributed by atoms with van der Waals surface area (Å²) in [5.41, 5.74) is 22.0. The van der Waals surface area contributed by atoms with E-state index >= 15 is 0 Å². The fraction of sp³-hybridized carbons (Fsp3) is 0.368. The second-order valence-corrected chi connectivity index (χ2v) is 21.7. The molecule has 0 saturated heterocycles. The van der Waals surface area contributed by atoms with Crippen molar-refractivity contribution in [2.45, 2.75) is 135 Å². The molecule has 2 atom stereocenters. The van der Waals surface area contributed by atoms with E-state index in [0.717, 1.165) is 40.6 Å². The molecule has 2 aliphatic carbocycles. The van der Waals surface area contributed by atoms with E-state index in [2.05, 4.69) is 156 Å². The summed E-state index contributed by atoms with van der Waals surface area (Å²) in [7, 11) is 0. The number of nitrogens with zero attached hydrogens (tertiary/aromatic N) is 2. The molecular weight excluding hydrogens is 755 g/mol. The van der Waals surface area contributed by atoms with Gasteiger partial charge in [0.15, 0.2) is 0 Å². The SMILES string of the molecule is CCCCc1cc2c3c(c1)C1(C)CCCCC1(C)N3c1c3c(cc4oc5ccccc5c14)-c1cc4oc5ccccc5c4cc1N(c1cc4c(cc1C)C(C)(C)CCC4(C)C)B23. The predicted molar refractivity (Wildman–Crippen MR) is 261 cm³/mol. The third-order valence-corrected chi connectivity index (χ3v) is 17.3. The minimum Gasteiger partial charge on any atom is -0.456 e. The topological polar surface area (TPSA) is 32.8 Å². The molecule has 1 fully saturated rings. The van der Waals surface area contributed by atoms with Gasteiger partial charge in [-0.1, -0.05) is 115 Å². The van der Waals surface area contributed by atoms with Gasteiger partial charge in [0.25, 0.3) is 0 Å². The average Bonchev–Trinajstić information content (AvgIpc) is 3.88. The Morgan fingerprint density at radius 3 is 2.06 bits per heavy atom. The highest BCUT2D eigenvalue weighted by atomic mass is 16.3. The normalized spacial score (nSPS) is 22.6. The fourth-order valence-corrected chi connectivity index (χ4v) is 13.6. The Kier molecular flexibility index (Phi) is 7.30. The van der Waals surface area contributed by atoms with Crippen molar-refractivity contribution in [3.63, 3.8) is 0 Å². The van der Waals surface area contributed by atoms with Crippen LogP contribution in [0.1, 0.15) is 128 Å². The first kappa shape index (κ1) is 37.2. The Morgan fingerprint density at radius 2 is 1.29 bits per heavy atom. The maximum atomic E-state index is 7.00. The first-order valence-corrected chi connectivity index (χ1v) is 23.7. The fourth-order valence-electron chi connectivity index (χ4n) is 13.6. The Hall–Kier alpha value is -5.42. The molecule has 6 aromatic carbocycles. The molecule has 310 valence electrons. The smallest absolute Gasteiger partial charge is 0.333 e. The summed E-state index contributed by atoms with van der Waals surface area (Å²) < 4.78 is 13.8. The van der Waals surface area contributed by atoms with Gasteiger partial charge in [0.2, 0.25) is 0 Å². The third-order valence-electron chi connectivity index (χ3n) is 17.3. The van der Waals surface area contributed by atoms with Crippen LogP contribution in [-0.4, -0.2) is 12.4 Å². The van der Waals surface area contributed by atoms with Crippen LogP contribution in [0.3, 0.4) is 0 Å². The molecule has 2 aromatic heterocycles. The molecule has 3 aliphatic heterocycles. The van der Waals surface area contributed by atoms with Crippen molar-refractivity contribution in [2.75, 3.05) is 9.71 Å². The maximum absolute atomic E-state index is 7.00. The Morgan fingerprint density at radius 1 is 0.613 bits per heavy atom. The highest BCUT2D eigenvalue weighted by molar-refractivity contribution is 6.94. The Balaban J connectivity index is 1.23. The van der Waals surface area contributed by atoms with Crippen LogP contribution in [0.25, 0.3) is 55.0 Å². The van der Waals surface area contributed by atoms with E-state index in [0.29, 0.717) is 0 Å². The molecule has 4 nitrogen and oxygen atoms in total. The van der Waals surface area contributed by atoms with E-state index in [1.54, 1.807) is 5.56 Å². The Labute approximate surface area is 366 Å². The van der Waals surface area contributed by atoms with Gasteiger partial charge < -0.3 is 18.5 Å². The summed E-state index contributed by atoms with van der Waals surface area (Å²) in [4.78, 5) is 5.71. The largest absolute Gasteiger partial charge is 0.456 e. The van der Waals surface area contributed by atoms with Gasteiger partial charge in [-0.25, -0.2) is 0 Å². The number of para-hydroxylation sites is 2. The van der Waals surface area contributed by atoms with Gasteiger partial charge in [0.1, 0.15) is 22.3 Å². The molecule has 5 heteroatoms. The standard InChI is InChI=1S/C57H57BN2O2/c1-9-10-17-34-27-42-52-43(28-34)58-51-39(31-49-50(36-19-12-14-21-47(36)62-49)53(51)59(52)57(8)23-16-15-22-56(42,57)7)37-30-48-38(35-18-11-13-20-46(35)61-48)29-45(37)60(58)44-32-41-40(26-33(44)2)54(3,4)24-25-55(41,5)6/h11-14,18-21,26-32H,9-10,15-17,22-25H2,1-8H3. The molecule has 0 radical (unpaired) electrons. The van der Waals surface area contributed by atoms with Crippen LogP contribution in [-0.2, 0) is 22.7 Å². The molecular formula is C57H57BN2O2. The van der Waals surface area contributed by atoms with Crippen LogP contribution in [0, 0.1) is 6.92 Å². The number of aryl methyl sites for hydroxylation is 2. The number of unbranched alkanes of at least 4 members (excludes halogenated alkanes) is 1. The lowest BCUT2D eigenvalue weighted by molar-refractivity contribution is 0.195. The molecule has 2 unspecified atom stereocenters. The first-order chi connectivity index (χ1) is 29.8.